The molecule has 1 N–H and O–H groups in total. The highest BCUT2D eigenvalue weighted by molar-refractivity contribution is 9.10. The number of nitrogens with zero attached hydrogens (tertiary/aromatic N) is 1. The van der Waals surface area contributed by atoms with Crippen LogP contribution in [0.4, 0.5) is 5.69 Å². The summed E-state index contributed by atoms with van der Waals surface area (Å²) >= 11 is 3.57. The van der Waals surface area contributed by atoms with Gasteiger partial charge in [0.25, 0.3) is 0 Å². The maximum atomic E-state index is 9.52. The zero-order valence-corrected chi connectivity index (χ0v) is 12.5. The summed E-state index contributed by atoms with van der Waals surface area (Å²) in [5.41, 5.74) is 2.13. The number of unbranched alkanes of at least 4 members (excludes halogenated alkanes) is 2. The summed E-state index contributed by atoms with van der Waals surface area (Å²) < 4.78 is 1.05. The highest BCUT2D eigenvalue weighted by Crippen LogP contribution is 2.28. The van der Waals surface area contributed by atoms with Crippen molar-refractivity contribution in [3.05, 3.63) is 28.2 Å². The molecule has 2 nitrogen and oxygen atoms in total. The van der Waals surface area contributed by atoms with Gasteiger partial charge in [0, 0.05) is 18.1 Å². The van der Waals surface area contributed by atoms with Gasteiger partial charge in [-0.3, -0.25) is 0 Å². The minimum Gasteiger partial charge on any atom is -0.389 e. The Labute approximate surface area is 113 Å². The Morgan fingerprint density at radius 1 is 1.35 bits per heavy atom. The molecule has 0 amide bonds. The largest absolute Gasteiger partial charge is 0.389 e. The van der Waals surface area contributed by atoms with Gasteiger partial charge in [-0.1, -0.05) is 25.8 Å². The maximum Gasteiger partial charge on any atom is 0.0762 e. The quantitative estimate of drug-likeness (QED) is 0.799. The highest BCUT2D eigenvalue weighted by Gasteiger charge is 2.08. The Morgan fingerprint density at radius 3 is 2.59 bits per heavy atom. The van der Waals surface area contributed by atoms with Crippen molar-refractivity contribution in [2.24, 2.45) is 0 Å². The lowest BCUT2D eigenvalue weighted by molar-refractivity contribution is 0.199. The van der Waals surface area contributed by atoms with Gasteiger partial charge in [-0.05, 0) is 47.0 Å². The predicted molar refractivity (Wildman–Crippen MR) is 77.6 cm³/mol. The van der Waals surface area contributed by atoms with Crippen molar-refractivity contribution >= 4 is 21.6 Å². The van der Waals surface area contributed by atoms with E-state index in [1.54, 1.807) is 6.92 Å². The topological polar surface area (TPSA) is 23.5 Å². The molecule has 0 saturated carbocycles. The summed E-state index contributed by atoms with van der Waals surface area (Å²) in [5.74, 6) is 0. The monoisotopic (exact) mass is 299 g/mol. The van der Waals surface area contributed by atoms with Gasteiger partial charge < -0.3 is 10.0 Å². The molecular weight excluding hydrogens is 278 g/mol. The normalized spacial score (nSPS) is 12.5. The molecule has 0 aromatic heterocycles. The third kappa shape index (κ3) is 4.32. The Bertz CT molecular complexity index is 352. The Balaban J connectivity index is 2.70. The van der Waals surface area contributed by atoms with Crippen molar-refractivity contribution in [3.8, 4) is 0 Å². The summed E-state index contributed by atoms with van der Waals surface area (Å²) in [6.07, 6.45) is 3.33. The van der Waals surface area contributed by atoms with Crippen LogP contribution in [0.1, 0.15) is 44.8 Å². The Morgan fingerprint density at radius 2 is 2.06 bits per heavy atom. The van der Waals surface area contributed by atoms with Crippen LogP contribution < -0.4 is 4.90 Å². The van der Waals surface area contributed by atoms with Crippen molar-refractivity contribution in [1.29, 1.82) is 0 Å². The van der Waals surface area contributed by atoms with Gasteiger partial charge in [-0.2, -0.15) is 0 Å². The summed E-state index contributed by atoms with van der Waals surface area (Å²) in [4.78, 5) is 2.26. The second kappa shape index (κ2) is 7.02. The first-order chi connectivity index (χ1) is 8.06. The van der Waals surface area contributed by atoms with Gasteiger partial charge in [0.15, 0.2) is 0 Å². The molecule has 0 radical (unpaired) electrons. The van der Waals surface area contributed by atoms with Crippen molar-refractivity contribution in [3.63, 3.8) is 0 Å². The van der Waals surface area contributed by atoms with Crippen LogP contribution in [0.3, 0.4) is 0 Å². The predicted octanol–water partition coefficient (Wildman–Crippen LogP) is 4.13. The van der Waals surface area contributed by atoms with Gasteiger partial charge >= 0.3 is 0 Å². The number of halogens is 1. The molecular formula is C14H22BrNO. The van der Waals surface area contributed by atoms with Gasteiger partial charge in [-0.15, -0.1) is 0 Å². The average Bonchev–Trinajstić information content (AvgIpc) is 2.28. The molecule has 1 rings (SSSR count). The Hall–Kier alpha value is -0.540. The molecule has 1 aromatic carbocycles. The van der Waals surface area contributed by atoms with Gasteiger partial charge in [0.2, 0.25) is 0 Å². The number of anilines is 1. The van der Waals surface area contributed by atoms with Crippen LogP contribution in [0.15, 0.2) is 22.7 Å². The van der Waals surface area contributed by atoms with E-state index in [0.717, 1.165) is 16.6 Å². The molecule has 96 valence electrons. The third-order valence-corrected chi connectivity index (χ3v) is 3.60. The molecule has 3 heteroatoms. The first kappa shape index (κ1) is 14.5. The van der Waals surface area contributed by atoms with E-state index in [9.17, 15) is 5.11 Å². The molecule has 0 heterocycles. The molecule has 0 saturated heterocycles. The molecule has 0 aliphatic carbocycles. The van der Waals surface area contributed by atoms with Crippen molar-refractivity contribution < 1.29 is 5.11 Å². The van der Waals surface area contributed by atoms with Crippen LogP contribution in [-0.2, 0) is 0 Å². The Kier molecular flexibility index (Phi) is 6.00. The molecule has 0 bridgehead atoms. The van der Waals surface area contributed by atoms with E-state index in [0.29, 0.717) is 0 Å². The first-order valence-corrected chi connectivity index (χ1v) is 7.04. The molecule has 1 aromatic rings. The van der Waals surface area contributed by atoms with E-state index >= 15 is 0 Å². The summed E-state index contributed by atoms with van der Waals surface area (Å²) in [6.45, 7) is 5.07. The number of hydrogen-bond acceptors (Lipinski definition) is 2. The number of aliphatic hydroxyl groups is 1. The van der Waals surface area contributed by atoms with Crippen LogP contribution in [0.2, 0.25) is 0 Å². The maximum absolute atomic E-state index is 9.52. The molecule has 0 aliphatic heterocycles. The van der Waals surface area contributed by atoms with E-state index in [4.69, 9.17) is 0 Å². The first-order valence-electron chi connectivity index (χ1n) is 6.25. The number of benzene rings is 1. The van der Waals surface area contributed by atoms with Crippen LogP contribution in [-0.4, -0.2) is 18.7 Å². The van der Waals surface area contributed by atoms with Crippen molar-refractivity contribution in [2.45, 2.75) is 39.2 Å². The van der Waals surface area contributed by atoms with Crippen LogP contribution in [0, 0.1) is 0 Å². The summed E-state index contributed by atoms with van der Waals surface area (Å²) in [6, 6.07) is 6.05. The van der Waals surface area contributed by atoms with Gasteiger partial charge in [0.1, 0.15) is 0 Å². The lowest BCUT2D eigenvalue weighted by Gasteiger charge is -2.21. The van der Waals surface area contributed by atoms with E-state index < -0.39 is 6.10 Å². The summed E-state index contributed by atoms with van der Waals surface area (Å²) in [5, 5.41) is 9.52. The minimum atomic E-state index is -0.411. The number of hydrogen-bond donors (Lipinski definition) is 1. The highest BCUT2D eigenvalue weighted by atomic mass is 79.9. The molecule has 17 heavy (non-hydrogen) atoms. The lowest BCUT2D eigenvalue weighted by Crippen LogP contribution is -2.18. The summed E-state index contributed by atoms with van der Waals surface area (Å²) in [7, 11) is 2.11. The molecule has 0 spiro atoms. The number of rotatable bonds is 6. The van der Waals surface area contributed by atoms with Gasteiger partial charge in [0.05, 0.1) is 11.8 Å². The van der Waals surface area contributed by atoms with E-state index in [1.165, 1.54) is 24.9 Å². The van der Waals surface area contributed by atoms with Gasteiger partial charge in [-0.25, -0.2) is 0 Å². The zero-order chi connectivity index (χ0) is 12.8. The van der Waals surface area contributed by atoms with E-state index in [1.807, 2.05) is 12.1 Å². The molecule has 1 atom stereocenters. The SMILES string of the molecule is CCCCCN(C)c1ccc(C(C)O)cc1Br. The van der Waals surface area contributed by atoms with Crippen LogP contribution in [0.5, 0.6) is 0 Å². The van der Waals surface area contributed by atoms with E-state index in [2.05, 4.69) is 40.9 Å². The standard InChI is InChI=1S/C14H22BrNO/c1-4-5-6-9-16(3)14-8-7-12(11(2)17)10-13(14)15/h7-8,10-11,17H,4-6,9H2,1-3H3. The third-order valence-electron chi connectivity index (χ3n) is 2.96. The zero-order valence-electron chi connectivity index (χ0n) is 10.9. The fourth-order valence-electron chi connectivity index (χ4n) is 1.81. The fraction of sp³-hybridized carbons (Fsp3) is 0.571. The van der Waals surface area contributed by atoms with Crippen LogP contribution in [0.25, 0.3) is 0 Å². The average molecular weight is 300 g/mol. The number of aliphatic hydroxyl groups excluding tert-OH is 1. The second-order valence-electron chi connectivity index (χ2n) is 4.52. The smallest absolute Gasteiger partial charge is 0.0762 e. The molecule has 0 aliphatic rings. The second-order valence-corrected chi connectivity index (χ2v) is 5.37. The van der Waals surface area contributed by atoms with Crippen molar-refractivity contribution in [1.82, 2.24) is 0 Å². The fourth-order valence-corrected chi connectivity index (χ4v) is 2.51. The molecule has 1 unspecified atom stereocenters. The minimum absolute atomic E-state index is 0.411. The van der Waals surface area contributed by atoms with Crippen LogP contribution >= 0.6 is 15.9 Å². The van der Waals surface area contributed by atoms with E-state index in [-0.39, 0.29) is 0 Å². The lowest BCUT2D eigenvalue weighted by atomic mass is 10.1. The van der Waals surface area contributed by atoms with Crippen molar-refractivity contribution in [2.75, 3.05) is 18.5 Å². The molecule has 0 fully saturated rings.